The normalized spacial score (nSPS) is 15.9. The summed E-state index contributed by atoms with van der Waals surface area (Å²) in [5.41, 5.74) is -5.00. The van der Waals surface area contributed by atoms with E-state index < -0.39 is 25.7 Å². The summed E-state index contributed by atoms with van der Waals surface area (Å²) in [6, 6.07) is 0. The van der Waals surface area contributed by atoms with Gasteiger partial charge >= 0.3 is 12.1 Å². The largest absolute Gasteiger partial charge is 0.459 e. The summed E-state index contributed by atoms with van der Waals surface area (Å²) in [5, 5.41) is 0. The van der Waals surface area contributed by atoms with E-state index in [1.165, 1.54) is 0 Å². The molecule has 0 bridgehead atoms. The van der Waals surface area contributed by atoms with E-state index in [-0.39, 0.29) is 0 Å². The van der Waals surface area contributed by atoms with Crippen LogP contribution in [0.3, 0.4) is 0 Å². The van der Waals surface area contributed by atoms with Crippen LogP contribution in [0.5, 0.6) is 0 Å². The summed E-state index contributed by atoms with van der Waals surface area (Å²) in [6.45, 7) is 2.27. The van der Waals surface area contributed by atoms with Crippen LogP contribution in [0.4, 0.5) is 30.7 Å². The molecule has 0 aromatic carbocycles. The van der Waals surface area contributed by atoms with Crippen LogP contribution in [0.1, 0.15) is 0 Å². The van der Waals surface area contributed by atoms with Gasteiger partial charge in [-0.25, -0.2) is 8.78 Å². The van der Waals surface area contributed by atoms with E-state index in [1.54, 1.807) is 0 Å². The average molecular weight is 242 g/mol. The third-order valence-corrected chi connectivity index (χ3v) is 3.89. The minimum Gasteiger partial charge on any atom is -0.205 e. The third kappa shape index (κ3) is 1.89. The first-order valence-corrected chi connectivity index (χ1v) is 7.07. The van der Waals surface area contributed by atoms with Gasteiger partial charge in [-0.1, -0.05) is 19.6 Å². The first kappa shape index (κ1) is 13.7. The van der Waals surface area contributed by atoms with Crippen LogP contribution < -0.4 is 0 Å². The Morgan fingerprint density at radius 1 is 0.714 bits per heavy atom. The molecule has 0 fully saturated rings. The van der Waals surface area contributed by atoms with Crippen molar-refractivity contribution >= 4 is 8.07 Å². The van der Waals surface area contributed by atoms with Crippen molar-refractivity contribution in [3.8, 4) is 0 Å². The zero-order valence-corrected chi connectivity index (χ0v) is 8.65. The number of alkyl halides is 7. The molecule has 0 radical (unpaired) electrons. The SMILES string of the molecule is C[Si](C)(C)C(F)(F)C(F)(F)C(F)(F)F. The fourth-order valence-corrected chi connectivity index (χ4v) is 1.73. The van der Waals surface area contributed by atoms with Crippen molar-refractivity contribution in [2.45, 2.75) is 37.3 Å². The van der Waals surface area contributed by atoms with E-state index in [4.69, 9.17) is 0 Å². The zero-order chi connectivity index (χ0) is 12.0. The molecule has 8 heteroatoms. The smallest absolute Gasteiger partial charge is 0.205 e. The second-order valence-corrected chi connectivity index (χ2v) is 9.02. The van der Waals surface area contributed by atoms with Gasteiger partial charge in [0.15, 0.2) is 0 Å². The quantitative estimate of drug-likeness (QED) is 0.511. The molecule has 0 unspecified atom stereocenters. The van der Waals surface area contributed by atoms with E-state index in [1.807, 2.05) is 0 Å². The van der Waals surface area contributed by atoms with Crippen molar-refractivity contribution in [1.82, 2.24) is 0 Å². The second kappa shape index (κ2) is 3.11. The molecule has 0 aliphatic carbocycles. The molecule has 0 aromatic rings. The van der Waals surface area contributed by atoms with E-state index in [0.717, 1.165) is 19.6 Å². The number of hydrogen-bond donors (Lipinski definition) is 0. The molecule has 0 nitrogen and oxygen atoms in total. The van der Waals surface area contributed by atoms with Crippen molar-refractivity contribution in [3.63, 3.8) is 0 Å². The molecule has 0 amide bonds. The van der Waals surface area contributed by atoms with Crippen LogP contribution >= 0.6 is 0 Å². The van der Waals surface area contributed by atoms with E-state index in [9.17, 15) is 30.7 Å². The first-order chi connectivity index (χ1) is 5.75. The highest BCUT2D eigenvalue weighted by atomic mass is 28.3. The van der Waals surface area contributed by atoms with Gasteiger partial charge < -0.3 is 0 Å². The molecule has 0 saturated heterocycles. The zero-order valence-electron chi connectivity index (χ0n) is 7.65. The molecular weight excluding hydrogens is 233 g/mol. The van der Waals surface area contributed by atoms with E-state index in [2.05, 4.69) is 0 Å². The van der Waals surface area contributed by atoms with Gasteiger partial charge in [0.2, 0.25) is 0 Å². The van der Waals surface area contributed by atoms with Crippen molar-refractivity contribution in [2.75, 3.05) is 0 Å². The molecule has 0 aliphatic heterocycles. The maximum atomic E-state index is 12.8. The van der Waals surface area contributed by atoms with Crippen molar-refractivity contribution in [2.24, 2.45) is 0 Å². The predicted molar refractivity (Wildman–Crippen MR) is 39.3 cm³/mol. The lowest BCUT2D eigenvalue weighted by atomic mass is 10.3. The Hall–Kier alpha value is -0.273. The summed E-state index contributed by atoms with van der Waals surface area (Å²) < 4.78 is 85.3. The third-order valence-electron chi connectivity index (χ3n) is 1.69. The Balaban J connectivity index is 5.30. The van der Waals surface area contributed by atoms with Crippen LogP contribution in [0.25, 0.3) is 0 Å². The molecule has 0 spiro atoms. The molecule has 0 atom stereocenters. The number of rotatable bonds is 2. The molecule has 0 heterocycles. The van der Waals surface area contributed by atoms with Crippen LogP contribution in [0, 0.1) is 0 Å². The van der Waals surface area contributed by atoms with Gasteiger partial charge in [0.25, 0.3) is 5.55 Å². The molecule has 0 aromatic heterocycles. The Labute approximate surface area is 77.1 Å². The highest BCUT2D eigenvalue weighted by Gasteiger charge is 2.76. The van der Waals surface area contributed by atoms with Crippen LogP contribution in [-0.2, 0) is 0 Å². The highest BCUT2D eigenvalue weighted by Crippen LogP contribution is 2.50. The number of hydrogen-bond acceptors (Lipinski definition) is 0. The molecule has 0 aliphatic rings. The van der Waals surface area contributed by atoms with E-state index >= 15 is 0 Å². The van der Waals surface area contributed by atoms with Gasteiger partial charge in [-0.3, -0.25) is 0 Å². The summed E-state index contributed by atoms with van der Waals surface area (Å²) in [7, 11) is -3.93. The average Bonchev–Trinajstić information content (AvgIpc) is 1.81. The van der Waals surface area contributed by atoms with Gasteiger partial charge in [-0.2, -0.15) is 22.0 Å². The Morgan fingerprint density at radius 3 is 1.07 bits per heavy atom. The monoisotopic (exact) mass is 242 g/mol. The topological polar surface area (TPSA) is 0 Å². The Bertz CT molecular complexity index is 187. The minimum atomic E-state index is -6.21. The summed E-state index contributed by atoms with van der Waals surface area (Å²) in [4.78, 5) is 0. The standard InChI is InChI=1S/C6H9F7Si/c1-14(2,3)6(12,13)4(7,8)5(9,10)11/h1-3H3. The molecular formula is C6H9F7Si. The van der Waals surface area contributed by atoms with Gasteiger partial charge in [0.1, 0.15) is 8.07 Å². The number of halogens is 7. The molecule has 0 rings (SSSR count). The molecule has 86 valence electrons. The summed E-state index contributed by atoms with van der Waals surface area (Å²) in [5.74, 6) is -5.95. The van der Waals surface area contributed by atoms with Gasteiger partial charge in [0, 0.05) is 0 Å². The summed E-state index contributed by atoms with van der Waals surface area (Å²) >= 11 is 0. The molecule has 14 heavy (non-hydrogen) atoms. The fourth-order valence-electron chi connectivity index (χ4n) is 0.649. The second-order valence-electron chi connectivity index (χ2n) is 3.90. The van der Waals surface area contributed by atoms with Crippen LogP contribution in [0.2, 0.25) is 19.6 Å². The highest BCUT2D eigenvalue weighted by molar-refractivity contribution is 6.78. The Kier molecular flexibility index (Phi) is 3.05. The molecule has 0 N–H and O–H groups in total. The van der Waals surface area contributed by atoms with E-state index in [0.29, 0.717) is 0 Å². The lowest BCUT2D eigenvalue weighted by Gasteiger charge is -2.35. The van der Waals surface area contributed by atoms with Crippen molar-refractivity contribution in [3.05, 3.63) is 0 Å². The lowest BCUT2D eigenvalue weighted by Crippen LogP contribution is -2.63. The van der Waals surface area contributed by atoms with Gasteiger partial charge in [0.05, 0.1) is 0 Å². The van der Waals surface area contributed by atoms with Gasteiger partial charge in [-0.15, -0.1) is 0 Å². The first-order valence-electron chi connectivity index (χ1n) is 3.57. The Morgan fingerprint density at radius 2 is 1.00 bits per heavy atom. The summed E-state index contributed by atoms with van der Waals surface area (Å²) in [6.07, 6.45) is -6.21. The lowest BCUT2D eigenvalue weighted by molar-refractivity contribution is -0.335. The fraction of sp³-hybridized carbons (Fsp3) is 1.00. The minimum absolute atomic E-state index is 0.757. The van der Waals surface area contributed by atoms with Crippen LogP contribution in [-0.4, -0.2) is 25.7 Å². The van der Waals surface area contributed by atoms with Crippen molar-refractivity contribution in [1.29, 1.82) is 0 Å². The predicted octanol–water partition coefficient (Wildman–Crippen LogP) is 3.70. The maximum absolute atomic E-state index is 12.8. The van der Waals surface area contributed by atoms with Crippen molar-refractivity contribution < 1.29 is 30.7 Å². The van der Waals surface area contributed by atoms with Gasteiger partial charge in [-0.05, 0) is 0 Å². The maximum Gasteiger partial charge on any atom is 0.459 e. The molecule has 0 saturated carbocycles. The van der Waals surface area contributed by atoms with Crippen LogP contribution in [0.15, 0.2) is 0 Å².